The Balaban J connectivity index is 2.36. The maximum Gasteiger partial charge on any atom is 0.433 e. The fourth-order valence-electron chi connectivity index (χ4n) is 1.93. The van der Waals surface area contributed by atoms with Gasteiger partial charge in [-0.05, 0) is 46.7 Å². The van der Waals surface area contributed by atoms with Gasteiger partial charge in [-0.15, -0.1) is 0 Å². The van der Waals surface area contributed by atoms with Crippen LogP contribution >= 0.6 is 15.9 Å². The number of hydrogen-bond acceptors (Lipinski definition) is 5. The highest BCUT2D eigenvalue weighted by Gasteiger charge is 2.20. The van der Waals surface area contributed by atoms with Crippen molar-refractivity contribution >= 4 is 21.8 Å². The third-order valence-electron chi connectivity index (χ3n) is 2.87. The first-order valence-corrected chi connectivity index (χ1v) is 6.61. The third-order valence-corrected chi connectivity index (χ3v) is 3.49. The van der Waals surface area contributed by atoms with E-state index >= 15 is 0 Å². The average Bonchev–Trinajstić information content (AvgIpc) is 2.89. The summed E-state index contributed by atoms with van der Waals surface area (Å²) in [6.45, 7) is 0. The highest BCUT2D eigenvalue weighted by Crippen LogP contribution is 2.32. The minimum atomic E-state index is -0.555. The van der Waals surface area contributed by atoms with Crippen LogP contribution in [0.5, 0.6) is 5.75 Å². The number of nitrogens with zero attached hydrogens (tertiary/aromatic N) is 1. The van der Waals surface area contributed by atoms with Crippen LogP contribution in [0.1, 0.15) is 17.4 Å². The van der Waals surface area contributed by atoms with Gasteiger partial charge in [0.2, 0.25) is 0 Å². The highest BCUT2D eigenvalue weighted by atomic mass is 79.9. The molecule has 1 atom stereocenters. The first-order valence-electron chi connectivity index (χ1n) is 5.81. The van der Waals surface area contributed by atoms with Crippen LogP contribution in [-0.4, -0.2) is 19.1 Å². The minimum Gasteiger partial charge on any atom is -0.496 e. The van der Waals surface area contributed by atoms with Crippen LogP contribution < -0.4 is 10.1 Å². The van der Waals surface area contributed by atoms with Gasteiger partial charge in [-0.1, -0.05) is 6.07 Å². The number of hydrogen-bond donors (Lipinski definition) is 1. The Kier molecular flexibility index (Phi) is 4.41. The number of halogens is 1. The van der Waals surface area contributed by atoms with Crippen LogP contribution in [0, 0.1) is 10.1 Å². The van der Waals surface area contributed by atoms with E-state index in [-0.39, 0.29) is 11.9 Å². The molecule has 1 aromatic carbocycles. The Labute approximate surface area is 124 Å². The SMILES string of the molecule is CNC(c1ccc(OC)c(Br)c1)c1ccc([N+](=O)[O-])o1. The lowest BCUT2D eigenvalue weighted by molar-refractivity contribution is -0.402. The van der Waals surface area contributed by atoms with Gasteiger partial charge in [0, 0.05) is 0 Å². The Morgan fingerprint density at radius 3 is 2.65 bits per heavy atom. The summed E-state index contributed by atoms with van der Waals surface area (Å²) in [6.07, 6.45) is 0. The summed E-state index contributed by atoms with van der Waals surface area (Å²) < 4.78 is 11.2. The number of nitrogens with one attached hydrogen (secondary N) is 1. The molecule has 0 radical (unpaired) electrons. The van der Waals surface area contributed by atoms with Gasteiger partial charge >= 0.3 is 5.88 Å². The topological polar surface area (TPSA) is 77.5 Å². The largest absolute Gasteiger partial charge is 0.496 e. The number of rotatable bonds is 5. The summed E-state index contributed by atoms with van der Waals surface area (Å²) in [5, 5.41) is 13.7. The number of methoxy groups -OCH3 is 1. The van der Waals surface area contributed by atoms with Gasteiger partial charge in [-0.25, -0.2) is 0 Å². The zero-order chi connectivity index (χ0) is 14.7. The summed E-state index contributed by atoms with van der Waals surface area (Å²) in [7, 11) is 3.35. The van der Waals surface area contributed by atoms with E-state index < -0.39 is 4.92 Å². The molecule has 1 heterocycles. The Bertz CT molecular complexity index is 627. The van der Waals surface area contributed by atoms with Crippen LogP contribution in [0.4, 0.5) is 5.88 Å². The maximum absolute atomic E-state index is 10.7. The first kappa shape index (κ1) is 14.5. The molecule has 0 amide bonds. The lowest BCUT2D eigenvalue weighted by Crippen LogP contribution is -2.17. The molecule has 0 saturated carbocycles. The standard InChI is InChI=1S/C13H13BrN2O4/c1-15-13(11-5-6-12(20-11)16(17)18)8-3-4-10(19-2)9(14)7-8/h3-7,13,15H,1-2H3. The molecule has 6 nitrogen and oxygen atoms in total. The summed E-state index contributed by atoms with van der Waals surface area (Å²) >= 11 is 3.41. The van der Waals surface area contributed by atoms with E-state index in [2.05, 4.69) is 21.2 Å². The van der Waals surface area contributed by atoms with E-state index in [1.165, 1.54) is 6.07 Å². The van der Waals surface area contributed by atoms with Crippen molar-refractivity contribution in [3.63, 3.8) is 0 Å². The molecule has 0 aliphatic heterocycles. The van der Waals surface area contributed by atoms with E-state index in [1.807, 2.05) is 18.2 Å². The van der Waals surface area contributed by atoms with E-state index in [1.54, 1.807) is 20.2 Å². The van der Waals surface area contributed by atoms with Crippen LogP contribution in [0.25, 0.3) is 0 Å². The Morgan fingerprint density at radius 2 is 2.15 bits per heavy atom. The zero-order valence-corrected chi connectivity index (χ0v) is 12.5. The quantitative estimate of drug-likeness (QED) is 0.667. The molecule has 20 heavy (non-hydrogen) atoms. The van der Waals surface area contributed by atoms with Crippen molar-refractivity contribution in [3.8, 4) is 5.75 Å². The first-order chi connectivity index (χ1) is 9.56. The molecule has 2 rings (SSSR count). The fourth-order valence-corrected chi connectivity index (χ4v) is 2.49. The molecule has 7 heteroatoms. The van der Waals surface area contributed by atoms with Crippen LogP contribution in [0.2, 0.25) is 0 Å². The molecule has 1 unspecified atom stereocenters. The zero-order valence-electron chi connectivity index (χ0n) is 10.9. The number of nitro groups is 1. The monoisotopic (exact) mass is 340 g/mol. The predicted octanol–water partition coefficient (Wildman–Crippen LogP) is 3.27. The van der Waals surface area contributed by atoms with Gasteiger partial charge in [0.05, 0.1) is 23.7 Å². The van der Waals surface area contributed by atoms with E-state index in [4.69, 9.17) is 9.15 Å². The predicted molar refractivity (Wildman–Crippen MR) is 77.0 cm³/mol. The average molecular weight is 341 g/mol. The van der Waals surface area contributed by atoms with Crippen molar-refractivity contribution in [3.05, 3.63) is 56.2 Å². The lowest BCUT2D eigenvalue weighted by Gasteiger charge is -2.15. The minimum absolute atomic E-state index is 0.271. The highest BCUT2D eigenvalue weighted by molar-refractivity contribution is 9.10. The lowest BCUT2D eigenvalue weighted by atomic mass is 10.0. The molecule has 1 N–H and O–H groups in total. The second-order valence-corrected chi connectivity index (χ2v) is 4.90. The third kappa shape index (κ3) is 2.83. The van der Waals surface area contributed by atoms with E-state index in [9.17, 15) is 10.1 Å². The molecule has 1 aromatic heterocycles. The maximum atomic E-state index is 10.7. The van der Waals surface area contributed by atoms with Crippen LogP contribution in [-0.2, 0) is 0 Å². The summed E-state index contributed by atoms with van der Waals surface area (Å²) in [6, 6.07) is 8.25. The summed E-state index contributed by atoms with van der Waals surface area (Å²) in [4.78, 5) is 10.1. The van der Waals surface area contributed by atoms with Crippen LogP contribution in [0.3, 0.4) is 0 Å². The number of benzene rings is 1. The smallest absolute Gasteiger partial charge is 0.433 e. The second-order valence-electron chi connectivity index (χ2n) is 4.05. The van der Waals surface area contributed by atoms with Crippen LogP contribution in [0.15, 0.2) is 39.2 Å². The fraction of sp³-hybridized carbons (Fsp3) is 0.231. The Hall–Kier alpha value is -1.86. The van der Waals surface area contributed by atoms with Crippen molar-refractivity contribution in [1.29, 1.82) is 0 Å². The van der Waals surface area contributed by atoms with Gasteiger partial charge in [-0.3, -0.25) is 10.1 Å². The van der Waals surface area contributed by atoms with Crippen molar-refractivity contribution in [1.82, 2.24) is 5.32 Å². The van der Waals surface area contributed by atoms with Gasteiger partial charge < -0.3 is 14.5 Å². The van der Waals surface area contributed by atoms with Crippen molar-refractivity contribution in [2.24, 2.45) is 0 Å². The Morgan fingerprint density at radius 1 is 1.40 bits per heavy atom. The molecule has 2 aromatic rings. The molecule has 0 bridgehead atoms. The van der Waals surface area contributed by atoms with E-state index in [0.29, 0.717) is 11.5 Å². The number of ether oxygens (including phenoxy) is 1. The van der Waals surface area contributed by atoms with Crippen molar-refractivity contribution in [2.75, 3.05) is 14.2 Å². The molecular formula is C13H13BrN2O4. The van der Waals surface area contributed by atoms with Gasteiger partial charge in [-0.2, -0.15) is 0 Å². The summed E-state index contributed by atoms with van der Waals surface area (Å²) in [5.41, 5.74) is 0.907. The molecule has 0 saturated heterocycles. The van der Waals surface area contributed by atoms with Crippen molar-refractivity contribution < 1.29 is 14.1 Å². The molecule has 106 valence electrons. The molecular weight excluding hydrogens is 328 g/mol. The normalized spacial score (nSPS) is 12.2. The molecule has 0 spiro atoms. The second kappa shape index (κ2) is 6.06. The van der Waals surface area contributed by atoms with Gasteiger partial charge in [0.1, 0.15) is 16.4 Å². The van der Waals surface area contributed by atoms with Crippen molar-refractivity contribution in [2.45, 2.75) is 6.04 Å². The van der Waals surface area contributed by atoms with E-state index in [0.717, 1.165) is 10.0 Å². The molecule has 0 aliphatic rings. The van der Waals surface area contributed by atoms with Gasteiger partial charge in [0.25, 0.3) is 0 Å². The number of furan rings is 1. The molecule has 0 aliphatic carbocycles. The molecule has 0 fully saturated rings. The summed E-state index contributed by atoms with van der Waals surface area (Å²) in [5.74, 6) is 0.929. The van der Waals surface area contributed by atoms with Gasteiger partial charge in [0.15, 0.2) is 0 Å².